The molecule has 0 aromatic rings. The first-order valence-corrected chi connectivity index (χ1v) is 8.12. The van der Waals surface area contributed by atoms with Gasteiger partial charge in [0.1, 0.15) is 5.25 Å². The second kappa shape index (κ2) is 8.53. The fourth-order valence-corrected chi connectivity index (χ4v) is 2.68. The van der Waals surface area contributed by atoms with E-state index in [-0.39, 0.29) is 25.5 Å². The Kier molecular flexibility index (Phi) is 7.38. The van der Waals surface area contributed by atoms with E-state index in [1.54, 1.807) is 0 Å². The Labute approximate surface area is 118 Å². The number of rotatable bonds is 10. The van der Waals surface area contributed by atoms with Gasteiger partial charge >= 0.3 is 0 Å². The van der Waals surface area contributed by atoms with Crippen LogP contribution in [0.4, 0.5) is 0 Å². The number of amides is 1. The van der Waals surface area contributed by atoms with Crippen molar-refractivity contribution in [1.29, 1.82) is 0 Å². The van der Waals surface area contributed by atoms with Crippen molar-refractivity contribution >= 4 is 15.9 Å². The van der Waals surface area contributed by atoms with Gasteiger partial charge in [-0.1, -0.05) is 0 Å². The van der Waals surface area contributed by atoms with E-state index >= 15 is 0 Å². The first kappa shape index (κ1) is 17.3. The van der Waals surface area contributed by atoms with E-state index in [1.807, 2.05) is 0 Å². The van der Waals surface area contributed by atoms with Crippen molar-refractivity contribution in [2.45, 2.75) is 18.1 Å². The largest absolute Gasteiger partial charge is 0.394 e. The number of likely N-dealkylation sites (tertiary alicyclic amines) is 1. The summed E-state index contributed by atoms with van der Waals surface area (Å²) in [5.74, 6) is -0.185. The molecule has 0 bridgehead atoms. The Bertz CT molecular complexity index is 400. The van der Waals surface area contributed by atoms with Crippen molar-refractivity contribution in [1.82, 2.24) is 4.90 Å². The molecule has 1 saturated heterocycles. The third-order valence-corrected chi connectivity index (χ3v) is 4.21. The van der Waals surface area contributed by atoms with Gasteiger partial charge in [-0.2, -0.15) is 0 Å². The van der Waals surface area contributed by atoms with Gasteiger partial charge in [0.2, 0.25) is 15.9 Å². The highest BCUT2D eigenvalue weighted by Gasteiger charge is 2.35. The molecule has 1 rings (SSSR count). The topological polar surface area (TPSA) is 119 Å². The van der Waals surface area contributed by atoms with Crippen LogP contribution in [-0.4, -0.2) is 75.7 Å². The molecule has 1 fully saturated rings. The summed E-state index contributed by atoms with van der Waals surface area (Å²) in [6, 6.07) is 0. The van der Waals surface area contributed by atoms with Crippen LogP contribution in [0.2, 0.25) is 0 Å². The maximum absolute atomic E-state index is 11.6. The number of hydrogen-bond donors (Lipinski definition) is 2. The maximum Gasteiger partial charge on any atom is 0.224 e. The molecule has 1 unspecified atom stereocenters. The average Bonchev–Trinajstić information content (AvgIpc) is 2.74. The van der Waals surface area contributed by atoms with Gasteiger partial charge in [-0.15, -0.1) is 0 Å². The molecule has 3 N–H and O–H groups in total. The number of carbonyl (C=O) groups excluding carboxylic acids is 1. The van der Waals surface area contributed by atoms with Crippen LogP contribution in [0.25, 0.3) is 0 Å². The van der Waals surface area contributed by atoms with E-state index in [0.29, 0.717) is 39.4 Å². The number of sulfonamides is 1. The highest BCUT2D eigenvalue weighted by Crippen LogP contribution is 2.16. The highest BCUT2D eigenvalue weighted by atomic mass is 32.2. The average molecular weight is 310 g/mol. The van der Waals surface area contributed by atoms with Crippen LogP contribution in [-0.2, 0) is 24.3 Å². The third-order valence-electron chi connectivity index (χ3n) is 2.97. The molecule has 20 heavy (non-hydrogen) atoms. The first-order valence-electron chi connectivity index (χ1n) is 6.51. The Balaban J connectivity index is 2.09. The Morgan fingerprint density at radius 1 is 1.25 bits per heavy atom. The van der Waals surface area contributed by atoms with E-state index < -0.39 is 15.3 Å². The lowest BCUT2D eigenvalue weighted by Crippen LogP contribution is -2.32. The number of aliphatic hydroxyl groups excluding tert-OH is 1. The van der Waals surface area contributed by atoms with Crippen LogP contribution in [0, 0.1) is 0 Å². The fraction of sp³-hybridized carbons (Fsp3) is 0.909. The van der Waals surface area contributed by atoms with Crippen molar-refractivity contribution < 1.29 is 27.8 Å². The van der Waals surface area contributed by atoms with Gasteiger partial charge in [0.25, 0.3) is 0 Å². The van der Waals surface area contributed by atoms with Gasteiger partial charge in [-0.05, 0) is 6.42 Å². The third kappa shape index (κ3) is 6.14. The smallest absolute Gasteiger partial charge is 0.224 e. The standard InChI is InChI=1S/C11H22N2O6S/c12-20(16,17)10-8-11(15)13(9-10)2-1-4-18-6-7-19-5-3-14/h10,14H,1-9H2,(H2,12,16,17). The molecule has 1 atom stereocenters. The molecule has 1 aliphatic heterocycles. The van der Waals surface area contributed by atoms with Crippen molar-refractivity contribution in [3.8, 4) is 0 Å². The van der Waals surface area contributed by atoms with E-state index in [2.05, 4.69) is 0 Å². The van der Waals surface area contributed by atoms with Gasteiger partial charge in [0, 0.05) is 26.1 Å². The number of carbonyl (C=O) groups is 1. The van der Waals surface area contributed by atoms with Crippen LogP contribution in [0.1, 0.15) is 12.8 Å². The minimum absolute atomic E-state index is 0.0116. The van der Waals surface area contributed by atoms with Crippen LogP contribution in [0.5, 0.6) is 0 Å². The van der Waals surface area contributed by atoms with E-state index in [9.17, 15) is 13.2 Å². The predicted molar refractivity (Wildman–Crippen MR) is 71.4 cm³/mol. The zero-order chi connectivity index (χ0) is 15.0. The van der Waals surface area contributed by atoms with Gasteiger partial charge in [0.15, 0.2) is 0 Å². The van der Waals surface area contributed by atoms with Crippen LogP contribution < -0.4 is 5.14 Å². The Morgan fingerprint density at radius 2 is 1.90 bits per heavy atom. The van der Waals surface area contributed by atoms with E-state index in [0.717, 1.165) is 0 Å². The lowest BCUT2D eigenvalue weighted by Gasteiger charge is -2.16. The molecule has 0 radical (unpaired) electrons. The van der Waals surface area contributed by atoms with Crippen molar-refractivity contribution in [3.05, 3.63) is 0 Å². The maximum atomic E-state index is 11.6. The van der Waals surface area contributed by atoms with E-state index in [1.165, 1.54) is 4.90 Å². The Hall–Kier alpha value is -0.740. The number of ether oxygens (including phenoxy) is 2. The number of primary sulfonamides is 1. The van der Waals surface area contributed by atoms with Crippen molar-refractivity contribution in [3.63, 3.8) is 0 Å². The van der Waals surface area contributed by atoms with E-state index in [4.69, 9.17) is 19.7 Å². The highest BCUT2D eigenvalue weighted by molar-refractivity contribution is 7.89. The second-order valence-electron chi connectivity index (χ2n) is 4.56. The van der Waals surface area contributed by atoms with Crippen molar-refractivity contribution in [2.75, 3.05) is 46.1 Å². The van der Waals surface area contributed by atoms with Gasteiger partial charge in [-0.3, -0.25) is 4.79 Å². The number of hydrogen-bond acceptors (Lipinski definition) is 6. The molecule has 0 aromatic heterocycles. The minimum atomic E-state index is -3.65. The quantitative estimate of drug-likeness (QED) is 0.464. The van der Waals surface area contributed by atoms with Crippen LogP contribution >= 0.6 is 0 Å². The zero-order valence-electron chi connectivity index (χ0n) is 11.4. The molecule has 0 aliphatic carbocycles. The lowest BCUT2D eigenvalue weighted by atomic mass is 10.4. The first-order chi connectivity index (χ1) is 9.45. The number of aliphatic hydroxyl groups is 1. The summed E-state index contributed by atoms with van der Waals surface area (Å²) in [7, 11) is -3.65. The minimum Gasteiger partial charge on any atom is -0.394 e. The second-order valence-corrected chi connectivity index (χ2v) is 6.40. The summed E-state index contributed by atoms with van der Waals surface area (Å²) in [4.78, 5) is 13.1. The summed E-state index contributed by atoms with van der Waals surface area (Å²) >= 11 is 0. The molecule has 1 heterocycles. The van der Waals surface area contributed by atoms with Crippen LogP contribution in [0.15, 0.2) is 0 Å². The van der Waals surface area contributed by atoms with Gasteiger partial charge in [0.05, 0.1) is 26.4 Å². The molecule has 1 aliphatic rings. The fourth-order valence-electron chi connectivity index (χ4n) is 1.92. The zero-order valence-corrected chi connectivity index (χ0v) is 12.2. The van der Waals surface area contributed by atoms with Crippen molar-refractivity contribution in [2.24, 2.45) is 5.14 Å². The molecular formula is C11H22N2O6S. The van der Waals surface area contributed by atoms with Gasteiger partial charge in [-0.25, -0.2) is 13.6 Å². The Morgan fingerprint density at radius 3 is 2.45 bits per heavy atom. The number of nitrogens with zero attached hydrogens (tertiary/aromatic N) is 1. The summed E-state index contributed by atoms with van der Waals surface area (Å²) in [6.07, 6.45) is 0.595. The summed E-state index contributed by atoms with van der Waals surface area (Å²) < 4.78 is 32.6. The summed E-state index contributed by atoms with van der Waals surface area (Å²) in [5, 5.41) is 12.7. The molecule has 118 valence electrons. The van der Waals surface area contributed by atoms with Gasteiger partial charge < -0.3 is 19.5 Å². The SMILES string of the molecule is NS(=O)(=O)C1CC(=O)N(CCCOCCOCCO)C1. The molecule has 8 nitrogen and oxygen atoms in total. The molecular weight excluding hydrogens is 288 g/mol. The molecule has 9 heteroatoms. The molecule has 1 amide bonds. The van der Waals surface area contributed by atoms with Crippen LogP contribution in [0.3, 0.4) is 0 Å². The summed E-state index contributed by atoms with van der Waals surface area (Å²) in [6.45, 7) is 2.21. The molecule has 0 saturated carbocycles. The lowest BCUT2D eigenvalue weighted by molar-refractivity contribution is -0.127. The normalized spacial score (nSPS) is 19.8. The monoisotopic (exact) mass is 310 g/mol. The summed E-state index contributed by atoms with van der Waals surface area (Å²) in [5.41, 5.74) is 0. The molecule has 0 spiro atoms. The predicted octanol–water partition coefficient (Wildman–Crippen LogP) is -1.71. The number of nitrogens with two attached hydrogens (primary N) is 1. The molecule has 0 aromatic carbocycles.